The van der Waals surface area contributed by atoms with Gasteiger partial charge in [0.1, 0.15) is 5.82 Å². The Morgan fingerprint density at radius 3 is 2.62 bits per heavy atom. The fourth-order valence-corrected chi connectivity index (χ4v) is 1.76. The third-order valence-electron chi connectivity index (χ3n) is 2.46. The predicted octanol–water partition coefficient (Wildman–Crippen LogP) is 1.78. The average Bonchev–Trinajstić information content (AvgIpc) is 2.16. The number of hydrogen-bond donors (Lipinski definition) is 1. The summed E-state index contributed by atoms with van der Waals surface area (Å²) < 4.78 is 5.23. The maximum atomic E-state index is 11.8. The van der Waals surface area contributed by atoms with E-state index in [9.17, 15) is 4.79 Å². The van der Waals surface area contributed by atoms with Crippen molar-refractivity contribution in [1.82, 2.24) is 9.97 Å². The first-order valence-corrected chi connectivity index (χ1v) is 5.73. The van der Waals surface area contributed by atoms with Gasteiger partial charge in [-0.05, 0) is 19.8 Å². The predicted molar refractivity (Wildman–Crippen MR) is 63.9 cm³/mol. The van der Waals surface area contributed by atoms with E-state index in [0.717, 1.165) is 11.3 Å². The zero-order valence-corrected chi connectivity index (χ0v) is 10.5. The lowest BCUT2D eigenvalue weighted by atomic mass is 10.0. The number of nitrogens with zero attached hydrogens (tertiary/aromatic N) is 1. The number of aryl methyl sites for hydroxylation is 1. The van der Waals surface area contributed by atoms with Crippen molar-refractivity contribution in [2.24, 2.45) is 0 Å². The number of nitrogens with one attached hydrogen (secondary N) is 1. The Labute approximate surface area is 96.1 Å². The third-order valence-corrected chi connectivity index (χ3v) is 2.46. The summed E-state index contributed by atoms with van der Waals surface area (Å²) in [5.74, 6) is 0.914. The summed E-state index contributed by atoms with van der Waals surface area (Å²) in [5, 5.41) is 0. The lowest BCUT2D eigenvalue weighted by molar-refractivity contribution is 0.149. The second-order valence-corrected chi connectivity index (χ2v) is 4.11. The van der Waals surface area contributed by atoms with E-state index in [2.05, 4.69) is 9.97 Å². The molecule has 0 aromatic carbocycles. The second-order valence-electron chi connectivity index (χ2n) is 4.11. The topological polar surface area (TPSA) is 55.0 Å². The number of aromatic amines is 1. The summed E-state index contributed by atoms with van der Waals surface area (Å²) in [7, 11) is 0. The van der Waals surface area contributed by atoms with E-state index in [0.29, 0.717) is 25.5 Å². The highest BCUT2D eigenvalue weighted by atomic mass is 16.5. The van der Waals surface area contributed by atoms with Crippen LogP contribution in [0.25, 0.3) is 0 Å². The molecule has 0 fully saturated rings. The van der Waals surface area contributed by atoms with Crippen molar-refractivity contribution in [3.63, 3.8) is 0 Å². The quantitative estimate of drug-likeness (QED) is 0.776. The number of ether oxygens (including phenoxy) is 1. The Kier molecular flexibility index (Phi) is 4.68. The van der Waals surface area contributed by atoms with Crippen LogP contribution in [0.3, 0.4) is 0 Å². The summed E-state index contributed by atoms with van der Waals surface area (Å²) in [4.78, 5) is 19.0. The molecule has 4 nitrogen and oxygen atoms in total. The first-order chi connectivity index (χ1) is 7.56. The number of hydrogen-bond acceptors (Lipinski definition) is 3. The molecular formula is C12H20N2O2. The molecule has 16 heavy (non-hydrogen) atoms. The Bertz CT molecular complexity index is 396. The molecule has 1 N–H and O–H groups in total. The molecule has 1 rings (SSSR count). The van der Waals surface area contributed by atoms with Gasteiger partial charge in [-0.25, -0.2) is 4.98 Å². The Morgan fingerprint density at radius 2 is 2.12 bits per heavy atom. The van der Waals surface area contributed by atoms with E-state index in [4.69, 9.17) is 4.74 Å². The number of H-pyrrole nitrogens is 1. The minimum absolute atomic E-state index is 0.0194. The van der Waals surface area contributed by atoms with Gasteiger partial charge < -0.3 is 9.72 Å². The average molecular weight is 224 g/mol. The Hall–Kier alpha value is -1.16. The van der Waals surface area contributed by atoms with Crippen LogP contribution in [0.4, 0.5) is 0 Å². The van der Waals surface area contributed by atoms with Gasteiger partial charge in [0.25, 0.3) is 5.56 Å². The van der Waals surface area contributed by atoms with Crippen molar-refractivity contribution in [1.29, 1.82) is 0 Å². The molecule has 0 aliphatic carbocycles. The first-order valence-electron chi connectivity index (χ1n) is 5.73. The molecule has 4 heteroatoms. The Morgan fingerprint density at radius 1 is 1.44 bits per heavy atom. The van der Waals surface area contributed by atoms with Gasteiger partial charge in [-0.2, -0.15) is 0 Å². The zero-order chi connectivity index (χ0) is 12.1. The van der Waals surface area contributed by atoms with Gasteiger partial charge in [0.15, 0.2) is 0 Å². The summed E-state index contributed by atoms with van der Waals surface area (Å²) in [6.45, 7) is 9.11. The van der Waals surface area contributed by atoms with E-state index in [1.54, 1.807) is 0 Å². The molecule has 0 aliphatic heterocycles. The molecule has 90 valence electrons. The van der Waals surface area contributed by atoms with E-state index < -0.39 is 0 Å². The SMILES string of the molecule is CCOCCc1nc(C)c(C(C)C)c(=O)[nH]1. The standard InChI is InChI=1S/C12H20N2O2/c1-5-16-7-6-10-13-9(4)11(8(2)3)12(15)14-10/h8H,5-7H2,1-4H3,(H,13,14,15). The van der Waals surface area contributed by atoms with Crippen LogP contribution in [0, 0.1) is 6.92 Å². The molecule has 0 unspecified atom stereocenters. The minimum Gasteiger partial charge on any atom is -0.381 e. The Balaban J connectivity index is 2.88. The van der Waals surface area contributed by atoms with Gasteiger partial charge in [-0.15, -0.1) is 0 Å². The molecule has 0 aliphatic rings. The largest absolute Gasteiger partial charge is 0.381 e. The highest BCUT2D eigenvalue weighted by molar-refractivity contribution is 5.20. The van der Waals surface area contributed by atoms with Crippen LogP contribution in [-0.2, 0) is 11.2 Å². The molecule has 0 saturated heterocycles. The van der Waals surface area contributed by atoms with Gasteiger partial charge in [-0.1, -0.05) is 13.8 Å². The van der Waals surface area contributed by atoms with E-state index in [1.807, 2.05) is 27.7 Å². The van der Waals surface area contributed by atoms with Gasteiger partial charge in [0, 0.05) is 24.3 Å². The van der Waals surface area contributed by atoms with Crippen LogP contribution < -0.4 is 5.56 Å². The molecule has 0 spiro atoms. The highest BCUT2D eigenvalue weighted by Gasteiger charge is 2.11. The van der Waals surface area contributed by atoms with E-state index >= 15 is 0 Å². The van der Waals surface area contributed by atoms with Crippen molar-refractivity contribution in [3.8, 4) is 0 Å². The highest BCUT2D eigenvalue weighted by Crippen LogP contribution is 2.12. The number of aromatic nitrogens is 2. The fourth-order valence-electron chi connectivity index (χ4n) is 1.76. The van der Waals surface area contributed by atoms with E-state index in [1.165, 1.54) is 0 Å². The fraction of sp³-hybridized carbons (Fsp3) is 0.667. The number of rotatable bonds is 5. The molecule has 0 radical (unpaired) electrons. The first kappa shape index (κ1) is 12.9. The molecule has 1 aromatic rings. The molecule has 0 bridgehead atoms. The maximum absolute atomic E-state index is 11.8. The van der Waals surface area contributed by atoms with Gasteiger partial charge in [-0.3, -0.25) is 4.79 Å². The van der Waals surface area contributed by atoms with Crippen molar-refractivity contribution >= 4 is 0 Å². The van der Waals surface area contributed by atoms with Crippen molar-refractivity contribution in [2.45, 2.75) is 40.0 Å². The van der Waals surface area contributed by atoms with Crippen LogP contribution >= 0.6 is 0 Å². The van der Waals surface area contributed by atoms with Crippen molar-refractivity contribution in [2.75, 3.05) is 13.2 Å². The molecule has 0 amide bonds. The van der Waals surface area contributed by atoms with Gasteiger partial charge in [0.05, 0.1) is 6.61 Å². The minimum atomic E-state index is -0.0194. The zero-order valence-electron chi connectivity index (χ0n) is 10.5. The van der Waals surface area contributed by atoms with E-state index in [-0.39, 0.29) is 11.5 Å². The van der Waals surface area contributed by atoms with Gasteiger partial charge >= 0.3 is 0 Å². The normalized spacial score (nSPS) is 11.1. The summed E-state index contributed by atoms with van der Waals surface area (Å²) in [6.07, 6.45) is 0.655. The monoisotopic (exact) mass is 224 g/mol. The molecule has 0 saturated carbocycles. The lowest BCUT2D eigenvalue weighted by Gasteiger charge is -2.09. The molecular weight excluding hydrogens is 204 g/mol. The third kappa shape index (κ3) is 3.17. The van der Waals surface area contributed by atoms with Crippen molar-refractivity contribution < 1.29 is 4.74 Å². The van der Waals surface area contributed by atoms with Crippen LogP contribution in [-0.4, -0.2) is 23.2 Å². The lowest BCUT2D eigenvalue weighted by Crippen LogP contribution is -2.20. The summed E-state index contributed by atoms with van der Waals surface area (Å²) >= 11 is 0. The summed E-state index contributed by atoms with van der Waals surface area (Å²) in [5.41, 5.74) is 1.58. The van der Waals surface area contributed by atoms with Crippen LogP contribution in [0.2, 0.25) is 0 Å². The van der Waals surface area contributed by atoms with Gasteiger partial charge in [0.2, 0.25) is 0 Å². The smallest absolute Gasteiger partial charge is 0.254 e. The van der Waals surface area contributed by atoms with Crippen LogP contribution in [0.15, 0.2) is 4.79 Å². The summed E-state index contributed by atoms with van der Waals surface area (Å²) in [6, 6.07) is 0. The molecule has 0 atom stereocenters. The second kappa shape index (κ2) is 5.80. The maximum Gasteiger partial charge on any atom is 0.254 e. The molecule has 1 heterocycles. The van der Waals surface area contributed by atoms with Crippen LogP contribution in [0.1, 0.15) is 43.8 Å². The van der Waals surface area contributed by atoms with Crippen LogP contribution in [0.5, 0.6) is 0 Å². The van der Waals surface area contributed by atoms with Crippen molar-refractivity contribution in [3.05, 3.63) is 27.4 Å². The molecule has 1 aromatic heterocycles.